The van der Waals surface area contributed by atoms with Crippen molar-refractivity contribution in [3.63, 3.8) is 0 Å². The molecule has 63 heavy (non-hydrogen) atoms. The highest BCUT2D eigenvalue weighted by atomic mass is 33.1. The summed E-state index contributed by atoms with van der Waals surface area (Å²) in [6, 6.07) is 0.193. The topological polar surface area (TPSA) is 186 Å². The molecule has 7 fully saturated rings. The van der Waals surface area contributed by atoms with Crippen molar-refractivity contribution in [2.24, 2.45) is 79.7 Å². The Morgan fingerprint density at radius 1 is 1.00 bits per heavy atom. The molecular weight excluding hydrogens is 831 g/mol. The van der Waals surface area contributed by atoms with Gasteiger partial charge in [0.1, 0.15) is 6.23 Å². The van der Waals surface area contributed by atoms with Gasteiger partial charge >= 0.3 is 0 Å². The Bertz CT molecular complexity index is 1970. The van der Waals surface area contributed by atoms with E-state index in [0.717, 1.165) is 36.0 Å². The van der Waals surface area contributed by atoms with Crippen LogP contribution >= 0.6 is 21.6 Å². The first kappa shape index (κ1) is 46.2. The molecule has 1 aliphatic heterocycles. The normalized spacial score (nSPS) is 48.2. The Labute approximate surface area is 383 Å². The van der Waals surface area contributed by atoms with Crippen LogP contribution in [0.5, 0.6) is 0 Å². The number of aliphatic hydroxyl groups is 5. The fraction of sp³-hybridized carbons (Fsp3) is 0.820. The molecule has 8 N–H and O–H groups in total. The number of nitrogens with zero attached hydrogens (tertiary/aromatic N) is 3. The second-order valence-electron chi connectivity index (χ2n) is 23.4. The van der Waals surface area contributed by atoms with Crippen molar-refractivity contribution in [2.75, 3.05) is 18.1 Å². The molecule has 13 heteroatoms. The monoisotopic (exact) mass is 908 g/mol. The van der Waals surface area contributed by atoms with Crippen molar-refractivity contribution < 1.29 is 30.3 Å². The summed E-state index contributed by atoms with van der Waals surface area (Å²) >= 11 is 0. The molecule has 1 spiro atoms. The number of guanidine groups is 1. The van der Waals surface area contributed by atoms with Crippen molar-refractivity contribution in [2.45, 2.75) is 168 Å². The molecule has 8 aliphatic rings. The Balaban J connectivity index is 1.15. The maximum atomic E-state index is 14.5. The van der Waals surface area contributed by atoms with E-state index in [4.69, 9.17) is 10.7 Å². The van der Waals surface area contributed by atoms with E-state index < -0.39 is 46.9 Å². The molecule has 1 aromatic heterocycles. The zero-order valence-electron chi connectivity index (χ0n) is 38.7. The van der Waals surface area contributed by atoms with Crippen LogP contribution in [0, 0.1) is 69.0 Å². The van der Waals surface area contributed by atoms with Crippen LogP contribution in [-0.2, 0) is 4.79 Å². The molecule has 17 unspecified atom stereocenters. The van der Waals surface area contributed by atoms with E-state index in [1.165, 1.54) is 50.5 Å². The third-order valence-electron chi connectivity index (χ3n) is 19.3. The van der Waals surface area contributed by atoms with Gasteiger partial charge in [-0.3, -0.25) is 9.79 Å². The summed E-state index contributed by atoms with van der Waals surface area (Å²) in [5, 5.41) is 62.1. The molecule has 11 nitrogen and oxygen atoms in total. The Kier molecular flexibility index (Phi) is 12.5. The minimum Gasteiger partial charge on any atom is -0.393 e. The molecule has 9 rings (SSSR count). The van der Waals surface area contributed by atoms with Gasteiger partial charge in [-0.25, -0.2) is 4.98 Å². The van der Waals surface area contributed by atoms with Crippen molar-refractivity contribution in [1.82, 2.24) is 14.9 Å². The van der Waals surface area contributed by atoms with Crippen molar-refractivity contribution in [3.8, 4) is 0 Å². The number of allylic oxidation sites excluding steroid dienone is 2. The Morgan fingerprint density at radius 3 is 2.52 bits per heavy atom. The second kappa shape index (κ2) is 17.0. The third kappa shape index (κ3) is 7.83. The van der Waals surface area contributed by atoms with Crippen LogP contribution in [0.1, 0.15) is 137 Å². The van der Waals surface area contributed by atoms with Gasteiger partial charge in [0.2, 0.25) is 0 Å². The van der Waals surface area contributed by atoms with Crippen molar-refractivity contribution in [3.05, 3.63) is 41.5 Å². The standard InChI is InChI=1S/C50H77N5O6S2/c1-28-36-15-34(50(61)39-18-41(58)38-17-42(59)43(60)23-47(38,5)44(39)32(20-48(36,50)6)24-53-45(51)54-29(2)56)25-62-63-26-35(55-13-12-52-27-55)22-46(3,4)37(16-40(28)57)31-14-30-9-10-33-8-7-11-49(33,19-30)21-31/h12-13,18,27-30,32-36,38,40,42-44,56-57,59-61H,7-11,14-17,19-26H2,1-6H3,(H3,51,53,54). The number of nitrogens with one attached hydrogen (secondary N) is 1. The van der Waals surface area contributed by atoms with Crippen LogP contribution in [0.3, 0.4) is 0 Å². The summed E-state index contributed by atoms with van der Waals surface area (Å²) in [7, 11) is 3.70. The first-order valence-electron chi connectivity index (χ1n) is 24.5. The summed E-state index contributed by atoms with van der Waals surface area (Å²) < 4.78 is 2.28. The average molecular weight is 908 g/mol. The largest absolute Gasteiger partial charge is 0.393 e. The summed E-state index contributed by atoms with van der Waals surface area (Å²) in [6.07, 6.45) is 17.9. The maximum Gasteiger partial charge on any atom is 0.190 e. The molecule has 350 valence electrons. The maximum absolute atomic E-state index is 14.5. The molecule has 17 atom stereocenters. The smallest absolute Gasteiger partial charge is 0.190 e. The van der Waals surface area contributed by atoms with Gasteiger partial charge in [-0.2, -0.15) is 0 Å². The molecular formula is C50H77N5O6S2. The van der Waals surface area contributed by atoms with Gasteiger partial charge in [-0.05, 0) is 154 Å². The number of hydrogen-bond donors (Lipinski definition) is 7. The van der Waals surface area contributed by atoms with E-state index in [1.54, 1.807) is 18.6 Å². The predicted molar refractivity (Wildman–Crippen MR) is 251 cm³/mol. The number of ketones is 1. The van der Waals surface area contributed by atoms with E-state index in [2.05, 4.69) is 55.7 Å². The zero-order valence-corrected chi connectivity index (χ0v) is 40.3. The number of hydrogen-bond acceptors (Lipinski definition) is 10. The number of nitrogens with two attached hydrogens (primary N) is 1. The number of aliphatic hydroxyl groups excluding tert-OH is 4. The van der Waals surface area contributed by atoms with Crippen molar-refractivity contribution in [1.29, 1.82) is 0 Å². The van der Waals surface area contributed by atoms with Crippen LogP contribution in [0.4, 0.5) is 0 Å². The van der Waals surface area contributed by atoms with Crippen LogP contribution in [0.15, 0.2) is 46.5 Å². The highest BCUT2D eigenvalue weighted by Gasteiger charge is 2.72. The first-order valence-corrected chi connectivity index (χ1v) is 27.0. The van der Waals surface area contributed by atoms with E-state index in [1.807, 2.05) is 34.1 Å². The summed E-state index contributed by atoms with van der Waals surface area (Å²) in [5.41, 5.74) is 7.58. The minimum absolute atomic E-state index is 0.0618. The quantitative estimate of drug-likeness (QED) is 0.0533. The molecule has 0 radical (unpaired) electrons. The van der Waals surface area contributed by atoms with Gasteiger partial charge in [0.05, 0.1) is 30.2 Å². The van der Waals surface area contributed by atoms with E-state index in [-0.39, 0.29) is 65.6 Å². The average Bonchev–Trinajstić information content (AvgIpc) is 3.94. The summed E-state index contributed by atoms with van der Waals surface area (Å²) in [6.45, 7) is 13.3. The lowest BCUT2D eigenvalue weighted by Crippen LogP contribution is -2.65. The SMILES string of the molecule is CC(O)NC(N)=NCC1CC2(C)C3CC(CSSCC(n4ccnc4)CC(C)(C)C(=C4CC5CCC6CCCC6(C4)C5)CC(O)C3C)C2(O)C2=CC(=O)C3CC(O)C(O)CC3(C)C21. The number of imidazole rings is 1. The fourth-order valence-corrected chi connectivity index (χ4v) is 19.3. The number of carbonyl (C=O) groups excluding carboxylic acids is 1. The van der Waals surface area contributed by atoms with E-state index in [9.17, 15) is 30.3 Å². The molecule has 0 amide bonds. The van der Waals surface area contributed by atoms with Gasteiger partial charge in [-0.1, -0.05) is 73.8 Å². The van der Waals surface area contributed by atoms with Crippen LogP contribution in [0.25, 0.3) is 0 Å². The highest BCUT2D eigenvalue weighted by molar-refractivity contribution is 8.76. The summed E-state index contributed by atoms with van der Waals surface area (Å²) in [4.78, 5) is 23.8. The third-order valence-corrected chi connectivity index (χ3v) is 21.9. The Morgan fingerprint density at radius 2 is 1.78 bits per heavy atom. The predicted octanol–water partition coefficient (Wildman–Crippen LogP) is 7.20. The molecule has 7 aliphatic carbocycles. The second-order valence-corrected chi connectivity index (χ2v) is 25.9. The van der Waals surface area contributed by atoms with Gasteiger partial charge in [0, 0.05) is 53.7 Å². The summed E-state index contributed by atoms with van der Waals surface area (Å²) in [5.74, 6) is 1.76. The fourth-order valence-electron chi connectivity index (χ4n) is 16.5. The number of rotatable bonds is 4. The molecule has 1 saturated heterocycles. The van der Waals surface area contributed by atoms with E-state index in [0.29, 0.717) is 37.0 Å². The lowest BCUT2D eigenvalue weighted by atomic mass is 9.42. The lowest BCUT2D eigenvalue weighted by molar-refractivity contribution is -0.168. The van der Waals surface area contributed by atoms with Gasteiger partial charge in [0.15, 0.2) is 11.7 Å². The number of carbonyl (C=O) groups is 1. The zero-order chi connectivity index (χ0) is 44.9. The van der Waals surface area contributed by atoms with Crippen LogP contribution in [-0.4, -0.2) is 95.0 Å². The molecule has 1 aromatic rings. The Hall–Kier alpha value is -1.87. The lowest BCUT2D eigenvalue weighted by Gasteiger charge is -2.63. The number of aromatic nitrogens is 2. The van der Waals surface area contributed by atoms with E-state index >= 15 is 0 Å². The first-order chi connectivity index (χ1) is 29.8. The van der Waals surface area contributed by atoms with Gasteiger partial charge < -0.3 is 41.2 Å². The van der Waals surface area contributed by atoms with Gasteiger partial charge in [-0.15, -0.1) is 0 Å². The minimum atomic E-state index is -1.36. The highest BCUT2D eigenvalue weighted by Crippen LogP contribution is 2.72. The molecule has 0 aromatic carbocycles. The number of aliphatic imine (C=N–C) groups is 1. The molecule has 6 saturated carbocycles. The van der Waals surface area contributed by atoms with Crippen LogP contribution in [0.2, 0.25) is 0 Å². The van der Waals surface area contributed by atoms with Crippen LogP contribution < -0.4 is 11.1 Å². The molecule has 4 bridgehead atoms. The van der Waals surface area contributed by atoms with Gasteiger partial charge in [0.25, 0.3) is 0 Å². The van der Waals surface area contributed by atoms with Crippen molar-refractivity contribution >= 4 is 33.3 Å². The molecule has 2 heterocycles. The number of fused-ring (bicyclic) bond motifs is 10.